The summed E-state index contributed by atoms with van der Waals surface area (Å²) in [4.78, 5) is 26.9. The molecular weight excluding hydrogens is 483 g/mol. The maximum atomic E-state index is 12.3. The molecule has 0 aliphatic carbocycles. The van der Waals surface area contributed by atoms with Crippen molar-refractivity contribution in [3.05, 3.63) is 103 Å². The molecule has 0 saturated heterocycles. The number of benzene rings is 3. The summed E-state index contributed by atoms with van der Waals surface area (Å²) in [7, 11) is 1.51. The average molecular weight is 499 g/mol. The van der Waals surface area contributed by atoms with E-state index in [2.05, 4.69) is 4.99 Å². The van der Waals surface area contributed by atoms with E-state index in [1.54, 1.807) is 24.3 Å². The first-order valence-corrected chi connectivity index (χ1v) is 10.6. The molecule has 0 saturated carbocycles. The molecule has 0 bridgehead atoms. The van der Waals surface area contributed by atoms with E-state index in [4.69, 9.17) is 37.4 Å². The van der Waals surface area contributed by atoms with Gasteiger partial charge in [-0.1, -0.05) is 47.5 Å². The number of ether oxygens (including phenoxy) is 3. The normalized spacial score (nSPS) is 14.0. The number of nitrogens with zero attached hydrogens (tertiary/aromatic N) is 2. The zero-order chi connectivity index (χ0) is 24.2. The third kappa shape index (κ3) is 5.03. The van der Waals surface area contributed by atoms with Crippen LogP contribution in [0.2, 0.25) is 10.0 Å². The fourth-order valence-corrected chi connectivity index (χ4v) is 3.58. The first kappa shape index (κ1) is 23.3. The standard InChI is InChI=1S/C24H16Cl2N2O6/c1-32-22-11-14(6-9-21(22)33-13-15-4-2-3-5-18(15)25)10-20-24(29)34-23(27-20)17-8-7-16(28(30)31)12-19(17)26/h2-12H,13H2,1H3/b20-10-. The van der Waals surface area contributed by atoms with Gasteiger partial charge in [0.1, 0.15) is 6.61 Å². The Morgan fingerprint density at radius 2 is 1.85 bits per heavy atom. The number of hydrogen-bond donors (Lipinski definition) is 0. The van der Waals surface area contributed by atoms with Crippen LogP contribution in [0.15, 0.2) is 71.4 Å². The summed E-state index contributed by atoms with van der Waals surface area (Å²) in [6.45, 7) is 0.256. The van der Waals surface area contributed by atoms with Gasteiger partial charge in [-0.25, -0.2) is 9.79 Å². The molecule has 1 heterocycles. The second-order valence-electron chi connectivity index (χ2n) is 7.05. The van der Waals surface area contributed by atoms with Gasteiger partial charge < -0.3 is 14.2 Å². The van der Waals surface area contributed by atoms with E-state index in [9.17, 15) is 14.9 Å². The third-order valence-corrected chi connectivity index (χ3v) is 5.53. The van der Waals surface area contributed by atoms with Crippen LogP contribution in [0.25, 0.3) is 6.08 Å². The van der Waals surface area contributed by atoms with Crippen molar-refractivity contribution < 1.29 is 23.9 Å². The van der Waals surface area contributed by atoms with Gasteiger partial charge in [0.25, 0.3) is 5.69 Å². The molecule has 0 unspecified atom stereocenters. The van der Waals surface area contributed by atoms with Crippen LogP contribution in [0, 0.1) is 10.1 Å². The fourth-order valence-electron chi connectivity index (χ4n) is 3.14. The van der Waals surface area contributed by atoms with Crippen molar-refractivity contribution in [2.75, 3.05) is 7.11 Å². The number of esters is 1. The predicted molar refractivity (Wildman–Crippen MR) is 127 cm³/mol. The molecular formula is C24H16Cl2N2O6. The number of non-ortho nitro benzene ring substituents is 1. The number of hydrogen-bond acceptors (Lipinski definition) is 7. The lowest BCUT2D eigenvalue weighted by atomic mass is 10.1. The predicted octanol–water partition coefficient (Wildman–Crippen LogP) is 5.83. The second-order valence-corrected chi connectivity index (χ2v) is 7.86. The lowest BCUT2D eigenvalue weighted by Crippen LogP contribution is -2.06. The van der Waals surface area contributed by atoms with E-state index in [0.29, 0.717) is 22.1 Å². The minimum absolute atomic E-state index is 0.0382. The summed E-state index contributed by atoms with van der Waals surface area (Å²) in [5.74, 6) is 0.237. The number of carbonyl (C=O) groups is 1. The molecule has 0 radical (unpaired) electrons. The highest BCUT2D eigenvalue weighted by atomic mass is 35.5. The summed E-state index contributed by atoms with van der Waals surface area (Å²) in [5, 5.41) is 11.5. The highest BCUT2D eigenvalue weighted by Crippen LogP contribution is 2.32. The Morgan fingerprint density at radius 1 is 1.06 bits per heavy atom. The van der Waals surface area contributed by atoms with Crippen molar-refractivity contribution in [1.29, 1.82) is 0 Å². The van der Waals surface area contributed by atoms with Crippen LogP contribution in [0.4, 0.5) is 5.69 Å². The van der Waals surface area contributed by atoms with Gasteiger partial charge in [-0.05, 0) is 35.9 Å². The van der Waals surface area contributed by atoms with Crippen molar-refractivity contribution >= 4 is 46.8 Å². The Kier molecular flexibility index (Phi) is 6.81. The minimum atomic E-state index is -0.678. The Labute approximate surface area is 204 Å². The summed E-state index contributed by atoms with van der Waals surface area (Å²) < 4.78 is 16.5. The van der Waals surface area contributed by atoms with Crippen LogP contribution >= 0.6 is 23.2 Å². The van der Waals surface area contributed by atoms with Crippen molar-refractivity contribution in [1.82, 2.24) is 0 Å². The topological polar surface area (TPSA) is 100 Å². The zero-order valence-corrected chi connectivity index (χ0v) is 19.2. The third-order valence-electron chi connectivity index (χ3n) is 4.85. The molecule has 0 N–H and O–H groups in total. The summed E-state index contributed by atoms with van der Waals surface area (Å²) in [6, 6.07) is 16.3. The summed E-state index contributed by atoms with van der Waals surface area (Å²) in [6.07, 6.45) is 1.52. The first-order valence-electron chi connectivity index (χ1n) is 9.87. The van der Waals surface area contributed by atoms with Gasteiger partial charge >= 0.3 is 5.97 Å². The summed E-state index contributed by atoms with van der Waals surface area (Å²) in [5.41, 5.74) is 1.58. The Morgan fingerprint density at radius 3 is 2.56 bits per heavy atom. The molecule has 0 fully saturated rings. The van der Waals surface area contributed by atoms with Crippen LogP contribution < -0.4 is 9.47 Å². The highest BCUT2D eigenvalue weighted by molar-refractivity contribution is 6.34. The molecule has 4 rings (SSSR count). The zero-order valence-electron chi connectivity index (χ0n) is 17.7. The molecule has 10 heteroatoms. The molecule has 1 aliphatic heterocycles. The van der Waals surface area contributed by atoms with E-state index in [0.717, 1.165) is 5.56 Å². The number of cyclic esters (lactones) is 1. The first-order chi connectivity index (χ1) is 16.4. The maximum absolute atomic E-state index is 12.3. The molecule has 0 aromatic heterocycles. The van der Waals surface area contributed by atoms with Crippen molar-refractivity contribution in [3.8, 4) is 11.5 Å². The summed E-state index contributed by atoms with van der Waals surface area (Å²) >= 11 is 12.3. The number of nitro groups is 1. The van der Waals surface area contributed by atoms with Gasteiger partial charge in [-0.15, -0.1) is 0 Å². The SMILES string of the molecule is COc1cc(/C=C2\N=C(c3ccc([N+](=O)[O-])cc3Cl)OC2=O)ccc1OCc1ccccc1Cl. The van der Waals surface area contributed by atoms with Crippen molar-refractivity contribution in [3.63, 3.8) is 0 Å². The average Bonchev–Trinajstić information content (AvgIpc) is 3.18. The monoisotopic (exact) mass is 498 g/mol. The van der Waals surface area contributed by atoms with E-state index < -0.39 is 10.9 Å². The van der Waals surface area contributed by atoms with E-state index in [1.165, 1.54) is 31.4 Å². The Bertz CT molecular complexity index is 1350. The molecule has 3 aromatic rings. The van der Waals surface area contributed by atoms with Crippen LogP contribution in [0.3, 0.4) is 0 Å². The molecule has 0 amide bonds. The van der Waals surface area contributed by atoms with E-state index in [-0.39, 0.29) is 34.5 Å². The van der Waals surface area contributed by atoms with Crippen LogP contribution in [-0.4, -0.2) is 23.9 Å². The molecule has 8 nitrogen and oxygen atoms in total. The van der Waals surface area contributed by atoms with Gasteiger partial charge in [0, 0.05) is 22.7 Å². The smallest absolute Gasteiger partial charge is 0.363 e. The number of aliphatic imine (C=N–C) groups is 1. The van der Waals surface area contributed by atoms with Crippen molar-refractivity contribution in [2.24, 2.45) is 4.99 Å². The van der Waals surface area contributed by atoms with Crippen LogP contribution in [-0.2, 0) is 16.1 Å². The quantitative estimate of drug-likeness (QED) is 0.175. The van der Waals surface area contributed by atoms with Gasteiger partial charge in [0.2, 0.25) is 5.90 Å². The Balaban J connectivity index is 1.56. The number of methoxy groups -OCH3 is 1. The lowest BCUT2D eigenvalue weighted by Gasteiger charge is -2.12. The molecule has 1 aliphatic rings. The molecule has 3 aromatic carbocycles. The van der Waals surface area contributed by atoms with Crippen molar-refractivity contribution in [2.45, 2.75) is 6.61 Å². The van der Waals surface area contributed by atoms with Gasteiger partial charge in [-0.2, -0.15) is 0 Å². The molecule has 34 heavy (non-hydrogen) atoms. The second kappa shape index (κ2) is 9.94. The fraction of sp³-hybridized carbons (Fsp3) is 0.0833. The lowest BCUT2D eigenvalue weighted by molar-refractivity contribution is -0.384. The number of rotatable bonds is 7. The number of carbonyl (C=O) groups excluding carboxylic acids is 1. The molecule has 172 valence electrons. The van der Waals surface area contributed by atoms with Crippen LogP contribution in [0.5, 0.6) is 11.5 Å². The van der Waals surface area contributed by atoms with Gasteiger partial charge in [0.15, 0.2) is 17.2 Å². The van der Waals surface area contributed by atoms with Gasteiger partial charge in [-0.3, -0.25) is 10.1 Å². The van der Waals surface area contributed by atoms with Crippen LogP contribution in [0.1, 0.15) is 16.7 Å². The number of halogens is 2. The maximum Gasteiger partial charge on any atom is 0.363 e. The Hall–Kier alpha value is -3.88. The molecule has 0 spiro atoms. The van der Waals surface area contributed by atoms with E-state index in [1.807, 2.05) is 18.2 Å². The van der Waals surface area contributed by atoms with Gasteiger partial charge in [0.05, 0.1) is 22.6 Å². The largest absolute Gasteiger partial charge is 0.493 e. The minimum Gasteiger partial charge on any atom is -0.493 e. The van der Waals surface area contributed by atoms with E-state index >= 15 is 0 Å². The number of nitro benzene ring substituents is 1. The highest BCUT2D eigenvalue weighted by Gasteiger charge is 2.26. The molecule has 0 atom stereocenters.